The van der Waals surface area contributed by atoms with Crippen LogP contribution in [0.4, 0.5) is 5.69 Å². The number of nitrogens with one attached hydrogen (secondary N) is 1. The molecule has 1 aromatic rings. The first-order chi connectivity index (χ1) is 9.38. The fourth-order valence-electron chi connectivity index (χ4n) is 1.74. The van der Waals surface area contributed by atoms with E-state index in [0.29, 0.717) is 27.4 Å². The Bertz CT molecular complexity index is 561. The molecule has 0 aromatic heterocycles. The van der Waals surface area contributed by atoms with Crippen molar-refractivity contribution in [3.8, 4) is 5.75 Å². The average Bonchev–Trinajstić information content (AvgIpc) is 2.35. The number of halogens is 3. The zero-order valence-corrected chi connectivity index (χ0v) is 13.2. The number of nitrogen functional groups attached to an aromatic ring is 1. The fourth-order valence-corrected chi connectivity index (χ4v) is 2.68. The van der Waals surface area contributed by atoms with Crippen LogP contribution in [-0.4, -0.2) is 11.4 Å². The second-order valence-corrected chi connectivity index (χ2v) is 5.91. The van der Waals surface area contributed by atoms with E-state index >= 15 is 0 Å². The topological polar surface area (TPSA) is 59.6 Å². The van der Waals surface area contributed by atoms with Crippen molar-refractivity contribution >= 4 is 46.4 Å². The Morgan fingerprint density at radius 2 is 1.90 bits per heavy atom. The molecular formula is C13H14Cl3N3O. The van der Waals surface area contributed by atoms with Crippen LogP contribution in [0.15, 0.2) is 28.9 Å². The second-order valence-electron chi connectivity index (χ2n) is 4.66. The summed E-state index contributed by atoms with van der Waals surface area (Å²) in [6.45, 7) is 4.07. The third-order valence-electron chi connectivity index (χ3n) is 2.76. The van der Waals surface area contributed by atoms with Gasteiger partial charge in [-0.15, -0.1) is 5.10 Å². The van der Waals surface area contributed by atoms with E-state index in [1.807, 2.05) is 13.8 Å². The summed E-state index contributed by atoms with van der Waals surface area (Å²) in [6, 6.07) is 3.13. The quantitative estimate of drug-likeness (QED) is 0.488. The number of alkyl halides is 1. The summed E-state index contributed by atoms with van der Waals surface area (Å²) in [6.07, 6.45) is 1.78. The molecule has 1 atom stereocenters. The van der Waals surface area contributed by atoms with E-state index in [1.165, 1.54) is 0 Å². The van der Waals surface area contributed by atoms with Crippen LogP contribution in [0.3, 0.4) is 0 Å². The Morgan fingerprint density at radius 3 is 2.45 bits per heavy atom. The minimum atomic E-state index is -0.347. The largest absolute Gasteiger partial charge is 0.434 e. The molecule has 0 aliphatic carbocycles. The molecule has 1 unspecified atom stereocenters. The van der Waals surface area contributed by atoms with E-state index in [9.17, 15) is 0 Å². The summed E-state index contributed by atoms with van der Waals surface area (Å²) >= 11 is 18.3. The van der Waals surface area contributed by atoms with Gasteiger partial charge in [-0.25, -0.2) is 0 Å². The summed E-state index contributed by atoms with van der Waals surface area (Å²) in [5, 5.41) is 4.68. The number of ether oxygens (including phenoxy) is 1. The van der Waals surface area contributed by atoms with Gasteiger partial charge in [0.1, 0.15) is 5.50 Å². The first kappa shape index (κ1) is 15.3. The zero-order valence-electron chi connectivity index (χ0n) is 11.0. The highest BCUT2D eigenvalue weighted by atomic mass is 35.5. The molecular weight excluding hydrogens is 321 g/mol. The number of rotatable bonds is 2. The molecule has 3 N–H and O–H groups in total. The van der Waals surface area contributed by atoms with Crippen molar-refractivity contribution < 1.29 is 4.74 Å². The summed E-state index contributed by atoms with van der Waals surface area (Å²) in [5.74, 6) is 0.922. The molecule has 0 radical (unpaired) electrons. The van der Waals surface area contributed by atoms with Gasteiger partial charge in [-0.2, -0.15) is 0 Å². The molecule has 108 valence electrons. The lowest BCUT2D eigenvalue weighted by Gasteiger charge is -2.22. The van der Waals surface area contributed by atoms with Gasteiger partial charge in [-0.1, -0.05) is 48.7 Å². The summed E-state index contributed by atoms with van der Waals surface area (Å²) < 4.78 is 5.63. The maximum Gasteiger partial charge on any atom is 0.236 e. The molecule has 7 heteroatoms. The van der Waals surface area contributed by atoms with Gasteiger partial charge in [0.2, 0.25) is 5.90 Å². The molecule has 0 saturated carbocycles. The lowest BCUT2D eigenvalue weighted by molar-refractivity contribution is 0.526. The lowest BCUT2D eigenvalue weighted by atomic mass is 10.0. The molecule has 0 spiro atoms. The van der Waals surface area contributed by atoms with Gasteiger partial charge in [0.15, 0.2) is 5.75 Å². The van der Waals surface area contributed by atoms with Gasteiger partial charge in [-0.3, -0.25) is 5.43 Å². The highest BCUT2D eigenvalue weighted by Crippen LogP contribution is 2.35. The summed E-state index contributed by atoms with van der Waals surface area (Å²) in [5.41, 5.74) is 9.52. The third-order valence-corrected chi connectivity index (χ3v) is 3.68. The molecule has 2 rings (SSSR count). The maximum atomic E-state index is 6.12. The molecule has 0 bridgehead atoms. The number of hydrogen-bond acceptors (Lipinski definition) is 4. The van der Waals surface area contributed by atoms with E-state index in [1.54, 1.807) is 18.2 Å². The highest BCUT2D eigenvalue weighted by molar-refractivity contribution is 6.37. The van der Waals surface area contributed by atoms with Crippen LogP contribution < -0.4 is 15.9 Å². The molecule has 4 nitrogen and oxygen atoms in total. The highest BCUT2D eigenvalue weighted by Gasteiger charge is 2.21. The predicted molar refractivity (Wildman–Crippen MR) is 84.6 cm³/mol. The van der Waals surface area contributed by atoms with Crippen LogP contribution >= 0.6 is 34.8 Å². The van der Waals surface area contributed by atoms with Crippen molar-refractivity contribution in [3.05, 3.63) is 33.8 Å². The Labute approximate surface area is 132 Å². The van der Waals surface area contributed by atoms with Crippen molar-refractivity contribution in [1.82, 2.24) is 5.43 Å². The van der Waals surface area contributed by atoms with E-state index < -0.39 is 0 Å². The van der Waals surface area contributed by atoms with Crippen LogP contribution in [0.2, 0.25) is 10.0 Å². The molecule has 0 saturated heterocycles. The number of hydrazone groups is 1. The SMILES string of the molecule is CC(C)C1=CC(Oc2c(Cl)cc(N)cc2Cl)=NNC1Cl. The van der Waals surface area contributed by atoms with Crippen molar-refractivity contribution in [2.75, 3.05) is 5.73 Å². The fraction of sp³-hybridized carbons (Fsp3) is 0.308. The standard InChI is InChI=1S/C13H14Cl3N3O/c1-6(2)8-5-11(18-19-13(8)16)20-12-9(14)3-7(17)4-10(12)15/h3-6,13,19H,17H2,1-2H3. The zero-order chi connectivity index (χ0) is 14.9. The van der Waals surface area contributed by atoms with Crippen LogP contribution in [-0.2, 0) is 0 Å². The van der Waals surface area contributed by atoms with Gasteiger partial charge in [0, 0.05) is 11.8 Å². The number of benzene rings is 1. The number of nitrogens with zero attached hydrogens (tertiary/aromatic N) is 1. The summed E-state index contributed by atoms with van der Waals surface area (Å²) in [4.78, 5) is 0. The Kier molecular flexibility index (Phi) is 4.68. The first-order valence-corrected chi connectivity index (χ1v) is 7.19. The monoisotopic (exact) mass is 333 g/mol. The Hall–Kier alpha value is -1.10. The maximum absolute atomic E-state index is 6.12. The normalized spacial score (nSPS) is 18.4. The van der Waals surface area contributed by atoms with Crippen LogP contribution in [0.25, 0.3) is 0 Å². The van der Waals surface area contributed by atoms with Crippen LogP contribution in [0, 0.1) is 5.92 Å². The van der Waals surface area contributed by atoms with E-state index in [2.05, 4.69) is 10.5 Å². The molecule has 1 heterocycles. The average molecular weight is 335 g/mol. The number of anilines is 1. The molecule has 1 aliphatic heterocycles. The summed E-state index contributed by atoms with van der Waals surface area (Å²) in [7, 11) is 0. The van der Waals surface area contributed by atoms with Gasteiger partial charge >= 0.3 is 0 Å². The molecule has 0 amide bonds. The third kappa shape index (κ3) is 3.32. The minimum absolute atomic E-state index is 0.261. The van der Waals surface area contributed by atoms with Crippen molar-refractivity contribution in [2.45, 2.75) is 19.3 Å². The van der Waals surface area contributed by atoms with Gasteiger partial charge in [-0.05, 0) is 23.6 Å². The Morgan fingerprint density at radius 1 is 1.30 bits per heavy atom. The van der Waals surface area contributed by atoms with Gasteiger partial charge < -0.3 is 10.5 Å². The van der Waals surface area contributed by atoms with Crippen molar-refractivity contribution in [2.24, 2.45) is 11.0 Å². The Balaban J connectivity index is 2.28. The predicted octanol–water partition coefficient (Wildman–Crippen LogP) is 4.02. The molecule has 20 heavy (non-hydrogen) atoms. The van der Waals surface area contributed by atoms with Crippen LogP contribution in [0.5, 0.6) is 5.75 Å². The van der Waals surface area contributed by atoms with Crippen molar-refractivity contribution in [1.29, 1.82) is 0 Å². The first-order valence-electron chi connectivity index (χ1n) is 5.99. The van der Waals surface area contributed by atoms with Gasteiger partial charge in [0.25, 0.3) is 0 Å². The lowest BCUT2D eigenvalue weighted by Crippen LogP contribution is -2.30. The second kappa shape index (κ2) is 6.12. The van der Waals surface area contributed by atoms with Crippen LogP contribution in [0.1, 0.15) is 13.8 Å². The molecule has 1 aliphatic rings. The van der Waals surface area contributed by atoms with E-state index in [4.69, 9.17) is 45.3 Å². The smallest absolute Gasteiger partial charge is 0.236 e. The molecule has 0 fully saturated rings. The van der Waals surface area contributed by atoms with E-state index in [-0.39, 0.29) is 11.4 Å². The number of hydrogen-bond donors (Lipinski definition) is 2. The van der Waals surface area contributed by atoms with Crippen molar-refractivity contribution in [3.63, 3.8) is 0 Å². The van der Waals surface area contributed by atoms with E-state index in [0.717, 1.165) is 5.57 Å². The minimum Gasteiger partial charge on any atom is -0.434 e. The molecule has 1 aromatic carbocycles. The van der Waals surface area contributed by atoms with Gasteiger partial charge in [0.05, 0.1) is 10.0 Å². The number of nitrogens with two attached hydrogens (primary N) is 1.